The highest BCUT2D eigenvalue weighted by Crippen LogP contribution is 2.38. The molecular formula is C11H19N3O. The monoisotopic (exact) mass is 209 g/mol. The number of nitrogens with two attached hydrogens (primary N) is 1. The zero-order valence-electron chi connectivity index (χ0n) is 9.38. The van der Waals surface area contributed by atoms with Gasteiger partial charge in [-0.05, 0) is 25.2 Å². The number of aliphatic hydroxyl groups is 1. The van der Waals surface area contributed by atoms with Crippen LogP contribution >= 0.6 is 0 Å². The normalized spacial score (nSPS) is 30.3. The lowest BCUT2D eigenvalue weighted by molar-refractivity contribution is 0.132. The molecule has 0 bridgehead atoms. The Labute approximate surface area is 89.9 Å². The van der Waals surface area contributed by atoms with E-state index < -0.39 is 5.54 Å². The van der Waals surface area contributed by atoms with Crippen LogP contribution in [-0.4, -0.2) is 21.9 Å². The molecule has 0 saturated carbocycles. The summed E-state index contributed by atoms with van der Waals surface area (Å²) in [7, 11) is 0. The van der Waals surface area contributed by atoms with Gasteiger partial charge in [0.2, 0.25) is 0 Å². The Morgan fingerprint density at radius 3 is 3.00 bits per heavy atom. The van der Waals surface area contributed by atoms with Crippen molar-refractivity contribution in [3.05, 3.63) is 17.0 Å². The van der Waals surface area contributed by atoms with Crippen LogP contribution in [-0.2, 0) is 18.4 Å². The maximum atomic E-state index is 9.54. The number of hydrogen-bond acceptors (Lipinski definition) is 3. The second-order valence-corrected chi connectivity index (χ2v) is 4.52. The van der Waals surface area contributed by atoms with E-state index in [-0.39, 0.29) is 6.61 Å². The van der Waals surface area contributed by atoms with Gasteiger partial charge < -0.3 is 10.8 Å². The molecule has 4 heteroatoms. The van der Waals surface area contributed by atoms with Crippen LogP contribution in [0.3, 0.4) is 0 Å². The first-order valence-corrected chi connectivity index (χ1v) is 5.59. The lowest BCUT2D eigenvalue weighted by Gasteiger charge is -2.38. The Kier molecular flexibility index (Phi) is 2.56. The summed E-state index contributed by atoms with van der Waals surface area (Å²) in [6.45, 7) is 4.16. The molecule has 15 heavy (non-hydrogen) atoms. The molecule has 0 aliphatic heterocycles. The van der Waals surface area contributed by atoms with E-state index in [0.29, 0.717) is 5.92 Å². The zero-order chi connectivity index (χ0) is 11.1. The van der Waals surface area contributed by atoms with Gasteiger partial charge in [0.1, 0.15) is 0 Å². The Morgan fingerprint density at radius 2 is 2.40 bits per heavy atom. The summed E-state index contributed by atoms with van der Waals surface area (Å²) in [5, 5.41) is 16.9. The molecule has 1 aromatic rings. The molecule has 0 saturated heterocycles. The Balaban J connectivity index is 2.54. The van der Waals surface area contributed by atoms with Gasteiger partial charge in [-0.15, -0.1) is 0 Å². The summed E-state index contributed by atoms with van der Waals surface area (Å²) in [4.78, 5) is 0. The summed E-state index contributed by atoms with van der Waals surface area (Å²) < 4.78 is 0. The molecule has 2 atom stereocenters. The van der Waals surface area contributed by atoms with Crippen molar-refractivity contribution in [1.82, 2.24) is 10.2 Å². The fourth-order valence-electron chi connectivity index (χ4n) is 2.51. The van der Waals surface area contributed by atoms with Gasteiger partial charge in [0.25, 0.3) is 0 Å². The van der Waals surface area contributed by atoms with Crippen molar-refractivity contribution in [2.45, 2.75) is 38.6 Å². The topological polar surface area (TPSA) is 74.9 Å². The molecular weight excluding hydrogens is 190 g/mol. The second-order valence-electron chi connectivity index (χ2n) is 4.52. The molecule has 1 heterocycles. The summed E-state index contributed by atoms with van der Waals surface area (Å²) >= 11 is 0. The van der Waals surface area contributed by atoms with Crippen LogP contribution < -0.4 is 5.73 Å². The first kappa shape index (κ1) is 10.6. The number of aliphatic hydroxyl groups excluding tert-OH is 1. The van der Waals surface area contributed by atoms with E-state index in [4.69, 9.17) is 5.73 Å². The van der Waals surface area contributed by atoms with E-state index in [2.05, 4.69) is 24.0 Å². The molecule has 0 fully saturated rings. The minimum atomic E-state index is -0.605. The second kappa shape index (κ2) is 3.61. The summed E-state index contributed by atoms with van der Waals surface area (Å²) in [5.41, 5.74) is 8.90. The number of fused-ring (bicyclic) bond motifs is 1. The quantitative estimate of drug-likeness (QED) is 0.671. The number of aryl methyl sites for hydroxylation is 2. The van der Waals surface area contributed by atoms with Crippen LogP contribution in [0.2, 0.25) is 0 Å². The van der Waals surface area contributed by atoms with Gasteiger partial charge in [-0.3, -0.25) is 5.10 Å². The number of rotatable bonds is 2. The van der Waals surface area contributed by atoms with Gasteiger partial charge >= 0.3 is 0 Å². The molecule has 0 amide bonds. The minimum Gasteiger partial charge on any atom is -0.394 e. The highest BCUT2D eigenvalue weighted by atomic mass is 16.3. The van der Waals surface area contributed by atoms with Crippen molar-refractivity contribution in [3.63, 3.8) is 0 Å². The van der Waals surface area contributed by atoms with E-state index in [1.54, 1.807) is 0 Å². The number of aromatic amines is 1. The third kappa shape index (κ3) is 1.40. The van der Waals surface area contributed by atoms with E-state index in [9.17, 15) is 5.11 Å². The average molecular weight is 209 g/mol. The van der Waals surface area contributed by atoms with Gasteiger partial charge in [0.15, 0.2) is 0 Å². The molecule has 2 unspecified atom stereocenters. The van der Waals surface area contributed by atoms with E-state index in [0.717, 1.165) is 36.2 Å². The Bertz CT molecular complexity index is 347. The van der Waals surface area contributed by atoms with Crippen LogP contribution in [0.5, 0.6) is 0 Å². The fraction of sp³-hybridized carbons (Fsp3) is 0.727. The van der Waals surface area contributed by atoms with Gasteiger partial charge in [-0.25, -0.2) is 0 Å². The molecule has 2 rings (SSSR count). The van der Waals surface area contributed by atoms with E-state index in [1.165, 1.54) is 0 Å². The van der Waals surface area contributed by atoms with Crippen molar-refractivity contribution >= 4 is 0 Å². The van der Waals surface area contributed by atoms with Crippen molar-refractivity contribution in [2.24, 2.45) is 11.7 Å². The maximum absolute atomic E-state index is 9.54. The van der Waals surface area contributed by atoms with Crippen LogP contribution in [0.1, 0.15) is 37.2 Å². The van der Waals surface area contributed by atoms with Crippen LogP contribution in [0, 0.1) is 5.92 Å². The fourth-order valence-corrected chi connectivity index (χ4v) is 2.51. The molecule has 1 aliphatic carbocycles. The molecule has 84 valence electrons. The molecule has 0 aromatic carbocycles. The first-order chi connectivity index (χ1) is 7.13. The zero-order valence-corrected chi connectivity index (χ0v) is 9.38. The maximum Gasteiger partial charge on any atom is 0.0706 e. The molecule has 4 nitrogen and oxygen atoms in total. The molecule has 4 N–H and O–H groups in total. The largest absolute Gasteiger partial charge is 0.394 e. The third-order valence-electron chi connectivity index (χ3n) is 3.68. The highest BCUT2D eigenvalue weighted by molar-refractivity contribution is 5.36. The van der Waals surface area contributed by atoms with Gasteiger partial charge in [0, 0.05) is 11.3 Å². The first-order valence-electron chi connectivity index (χ1n) is 5.59. The predicted octanol–water partition coefficient (Wildman–Crippen LogP) is 0.701. The number of hydrogen-bond donors (Lipinski definition) is 3. The summed E-state index contributed by atoms with van der Waals surface area (Å²) in [6.07, 6.45) is 2.86. The van der Waals surface area contributed by atoms with Crippen molar-refractivity contribution in [2.75, 3.05) is 6.61 Å². The molecule has 1 aromatic heterocycles. The highest BCUT2D eigenvalue weighted by Gasteiger charge is 2.41. The molecule has 1 aliphatic rings. The molecule has 0 radical (unpaired) electrons. The van der Waals surface area contributed by atoms with Crippen LogP contribution in [0.25, 0.3) is 0 Å². The third-order valence-corrected chi connectivity index (χ3v) is 3.68. The summed E-state index contributed by atoms with van der Waals surface area (Å²) in [6, 6.07) is 0. The van der Waals surface area contributed by atoms with Gasteiger partial charge in [0.05, 0.1) is 17.8 Å². The predicted molar refractivity (Wildman–Crippen MR) is 58.4 cm³/mol. The number of nitrogens with zero attached hydrogens (tertiary/aromatic N) is 1. The lowest BCUT2D eigenvalue weighted by Crippen LogP contribution is -2.49. The number of aromatic nitrogens is 2. The van der Waals surface area contributed by atoms with Gasteiger partial charge in [-0.2, -0.15) is 5.10 Å². The Morgan fingerprint density at radius 1 is 1.67 bits per heavy atom. The Hall–Kier alpha value is -0.870. The molecule has 0 spiro atoms. The van der Waals surface area contributed by atoms with Crippen LogP contribution in [0.15, 0.2) is 0 Å². The number of nitrogens with one attached hydrogen (secondary N) is 1. The van der Waals surface area contributed by atoms with E-state index >= 15 is 0 Å². The number of H-pyrrole nitrogens is 1. The van der Waals surface area contributed by atoms with E-state index in [1.807, 2.05) is 0 Å². The standard InChI is InChI=1S/C11H19N3O/c1-3-8-10-9(14-13-8)5-4-7(2)11(10,12)6-15/h7,15H,3-6,12H2,1-2H3,(H,13,14). The van der Waals surface area contributed by atoms with Crippen LogP contribution in [0.4, 0.5) is 0 Å². The van der Waals surface area contributed by atoms with Gasteiger partial charge in [-0.1, -0.05) is 13.8 Å². The van der Waals surface area contributed by atoms with Crippen molar-refractivity contribution in [1.29, 1.82) is 0 Å². The van der Waals surface area contributed by atoms with Crippen molar-refractivity contribution in [3.8, 4) is 0 Å². The SMILES string of the molecule is CCc1n[nH]c2c1C(N)(CO)C(C)CC2. The average Bonchev–Trinajstić information content (AvgIpc) is 2.67. The lowest BCUT2D eigenvalue weighted by atomic mass is 9.72. The minimum absolute atomic E-state index is 0.00625. The smallest absolute Gasteiger partial charge is 0.0706 e. The summed E-state index contributed by atoms with van der Waals surface area (Å²) in [5.74, 6) is 0.304. The van der Waals surface area contributed by atoms with Crippen molar-refractivity contribution < 1.29 is 5.11 Å².